The van der Waals surface area contributed by atoms with E-state index in [9.17, 15) is 0 Å². The number of nitrogens with two attached hydrogens (primary N) is 1. The van der Waals surface area contributed by atoms with Crippen molar-refractivity contribution >= 4 is 21.4 Å². The molecule has 2 aromatic heterocycles. The van der Waals surface area contributed by atoms with Gasteiger partial charge in [0.15, 0.2) is 0 Å². The number of aromatic nitrogens is 2. The molecule has 0 bridgehead atoms. The first kappa shape index (κ1) is 11.4. The Morgan fingerprint density at radius 1 is 1.22 bits per heavy atom. The first-order chi connectivity index (χ1) is 8.78. The van der Waals surface area contributed by atoms with Gasteiger partial charge in [-0.1, -0.05) is 28.1 Å². The highest BCUT2D eigenvalue weighted by Crippen LogP contribution is 2.23. The van der Waals surface area contributed by atoms with Crippen LogP contribution >= 0.6 is 15.9 Å². The quantitative estimate of drug-likeness (QED) is 0.790. The summed E-state index contributed by atoms with van der Waals surface area (Å²) in [5.41, 5.74) is 8.91. The third-order valence-electron chi connectivity index (χ3n) is 2.91. The lowest BCUT2D eigenvalue weighted by Gasteiger charge is -2.03. The van der Waals surface area contributed by atoms with Crippen LogP contribution < -0.4 is 5.73 Å². The van der Waals surface area contributed by atoms with Crippen LogP contribution in [0.3, 0.4) is 0 Å². The highest BCUT2D eigenvalue weighted by molar-refractivity contribution is 9.10. The minimum atomic E-state index is 0.550. The van der Waals surface area contributed by atoms with Crippen molar-refractivity contribution in [1.82, 2.24) is 9.38 Å². The Labute approximate surface area is 113 Å². The van der Waals surface area contributed by atoms with Gasteiger partial charge in [0, 0.05) is 22.8 Å². The molecule has 3 rings (SSSR count). The molecule has 3 aromatic rings. The van der Waals surface area contributed by atoms with Gasteiger partial charge in [-0.05, 0) is 29.8 Å². The molecule has 0 radical (unpaired) electrons. The average Bonchev–Trinajstić information content (AvgIpc) is 2.81. The van der Waals surface area contributed by atoms with Crippen LogP contribution in [0.2, 0.25) is 0 Å². The highest BCUT2D eigenvalue weighted by atomic mass is 79.9. The summed E-state index contributed by atoms with van der Waals surface area (Å²) in [6, 6.07) is 12.2. The Bertz CT molecular complexity index is 703. The zero-order valence-electron chi connectivity index (χ0n) is 9.68. The summed E-state index contributed by atoms with van der Waals surface area (Å²) in [7, 11) is 0. The van der Waals surface area contributed by atoms with Crippen LogP contribution in [-0.4, -0.2) is 9.38 Å². The monoisotopic (exact) mass is 301 g/mol. The third-order valence-corrected chi connectivity index (χ3v) is 3.41. The predicted octanol–water partition coefficient (Wildman–Crippen LogP) is 3.22. The summed E-state index contributed by atoms with van der Waals surface area (Å²) < 4.78 is 3.12. The number of halogens is 1. The summed E-state index contributed by atoms with van der Waals surface area (Å²) in [6.45, 7) is 0.550. The second-order valence-corrected chi connectivity index (χ2v) is 5.04. The molecule has 2 heterocycles. The van der Waals surface area contributed by atoms with E-state index in [2.05, 4.69) is 43.5 Å². The molecule has 0 unspecified atom stereocenters. The number of benzene rings is 1. The van der Waals surface area contributed by atoms with Gasteiger partial charge < -0.3 is 5.73 Å². The van der Waals surface area contributed by atoms with Crippen molar-refractivity contribution in [2.75, 3.05) is 0 Å². The van der Waals surface area contributed by atoms with Crippen molar-refractivity contribution in [3.05, 3.63) is 58.8 Å². The van der Waals surface area contributed by atoms with Crippen molar-refractivity contribution in [1.29, 1.82) is 0 Å². The van der Waals surface area contributed by atoms with Crippen LogP contribution in [0.5, 0.6) is 0 Å². The van der Waals surface area contributed by atoms with Crippen molar-refractivity contribution < 1.29 is 0 Å². The number of hydrogen-bond acceptors (Lipinski definition) is 2. The second-order valence-electron chi connectivity index (χ2n) is 4.13. The molecule has 2 N–H and O–H groups in total. The third kappa shape index (κ3) is 1.94. The largest absolute Gasteiger partial charge is 0.326 e. The molecule has 0 spiro atoms. The SMILES string of the molecule is NCc1ccn2c(-c3cccc(Br)c3)ncc2c1. The summed E-state index contributed by atoms with van der Waals surface area (Å²) in [5.74, 6) is 0.940. The summed E-state index contributed by atoms with van der Waals surface area (Å²) in [6.07, 6.45) is 3.89. The standard InChI is InChI=1S/C14H12BrN3/c15-12-3-1-2-11(7-12)14-17-9-13-6-10(8-16)4-5-18(13)14/h1-7,9H,8,16H2. The fourth-order valence-corrected chi connectivity index (χ4v) is 2.41. The minimum Gasteiger partial charge on any atom is -0.326 e. The molecule has 0 saturated heterocycles. The normalized spacial score (nSPS) is 11.0. The van der Waals surface area contributed by atoms with Crippen LogP contribution in [-0.2, 0) is 6.54 Å². The maximum Gasteiger partial charge on any atom is 0.144 e. The molecule has 0 aliphatic rings. The Morgan fingerprint density at radius 3 is 2.89 bits per heavy atom. The van der Waals surface area contributed by atoms with Crippen LogP contribution in [0.1, 0.15) is 5.56 Å². The van der Waals surface area contributed by atoms with E-state index in [-0.39, 0.29) is 0 Å². The van der Waals surface area contributed by atoms with E-state index in [1.165, 1.54) is 0 Å². The Morgan fingerprint density at radius 2 is 2.11 bits per heavy atom. The molecule has 0 aliphatic carbocycles. The maximum atomic E-state index is 5.64. The topological polar surface area (TPSA) is 43.3 Å². The molecule has 0 aliphatic heterocycles. The van der Waals surface area contributed by atoms with Crippen LogP contribution in [0.4, 0.5) is 0 Å². The first-order valence-corrected chi connectivity index (χ1v) is 6.49. The molecule has 0 fully saturated rings. The Kier molecular flexibility index (Phi) is 2.89. The van der Waals surface area contributed by atoms with E-state index in [4.69, 9.17) is 5.73 Å². The van der Waals surface area contributed by atoms with Gasteiger partial charge in [0.2, 0.25) is 0 Å². The fraction of sp³-hybridized carbons (Fsp3) is 0.0714. The number of hydrogen-bond donors (Lipinski definition) is 1. The molecule has 90 valence electrons. The first-order valence-electron chi connectivity index (χ1n) is 5.70. The number of pyridine rings is 1. The van der Waals surface area contributed by atoms with E-state index in [1.54, 1.807) is 0 Å². The summed E-state index contributed by atoms with van der Waals surface area (Å²) >= 11 is 3.48. The van der Waals surface area contributed by atoms with Gasteiger partial charge in [0.25, 0.3) is 0 Å². The van der Waals surface area contributed by atoms with Gasteiger partial charge in [-0.25, -0.2) is 4.98 Å². The van der Waals surface area contributed by atoms with Gasteiger partial charge in [0.05, 0.1) is 11.7 Å². The maximum absolute atomic E-state index is 5.64. The van der Waals surface area contributed by atoms with Crippen LogP contribution in [0.25, 0.3) is 16.9 Å². The van der Waals surface area contributed by atoms with Crippen molar-refractivity contribution in [3.63, 3.8) is 0 Å². The second kappa shape index (κ2) is 4.55. The van der Waals surface area contributed by atoms with Gasteiger partial charge >= 0.3 is 0 Å². The lowest BCUT2D eigenvalue weighted by Crippen LogP contribution is -1.97. The van der Waals surface area contributed by atoms with Crippen LogP contribution in [0.15, 0.2) is 53.3 Å². The molecule has 1 aromatic carbocycles. The fourth-order valence-electron chi connectivity index (χ4n) is 2.01. The van der Waals surface area contributed by atoms with Crippen molar-refractivity contribution in [2.45, 2.75) is 6.54 Å². The van der Waals surface area contributed by atoms with Gasteiger partial charge in [0.1, 0.15) is 5.82 Å². The van der Waals surface area contributed by atoms with Crippen molar-refractivity contribution in [2.24, 2.45) is 5.73 Å². The lowest BCUT2D eigenvalue weighted by molar-refractivity contribution is 1.05. The highest BCUT2D eigenvalue weighted by Gasteiger charge is 2.06. The molecule has 4 heteroatoms. The molecular weight excluding hydrogens is 290 g/mol. The van der Waals surface area contributed by atoms with E-state index in [0.717, 1.165) is 26.9 Å². The van der Waals surface area contributed by atoms with Crippen molar-refractivity contribution in [3.8, 4) is 11.4 Å². The van der Waals surface area contributed by atoms with E-state index in [0.29, 0.717) is 6.54 Å². The molecule has 0 atom stereocenters. The minimum absolute atomic E-state index is 0.550. The zero-order valence-corrected chi connectivity index (χ0v) is 11.3. The van der Waals surface area contributed by atoms with Gasteiger partial charge in [-0.3, -0.25) is 4.40 Å². The van der Waals surface area contributed by atoms with Crippen LogP contribution in [0, 0.1) is 0 Å². The Hall–Kier alpha value is -1.65. The molecule has 3 nitrogen and oxygen atoms in total. The summed E-state index contributed by atoms with van der Waals surface area (Å²) in [4.78, 5) is 4.48. The Balaban J connectivity index is 2.18. The van der Waals surface area contributed by atoms with Gasteiger partial charge in [-0.15, -0.1) is 0 Å². The molecule has 0 saturated carbocycles. The number of rotatable bonds is 2. The number of imidazole rings is 1. The lowest BCUT2D eigenvalue weighted by atomic mass is 10.2. The van der Waals surface area contributed by atoms with Gasteiger partial charge in [-0.2, -0.15) is 0 Å². The molecule has 18 heavy (non-hydrogen) atoms. The average molecular weight is 302 g/mol. The predicted molar refractivity (Wildman–Crippen MR) is 76.2 cm³/mol. The number of fused-ring (bicyclic) bond motifs is 1. The molecular formula is C14H12BrN3. The molecule has 0 amide bonds. The van der Waals surface area contributed by atoms with E-state index < -0.39 is 0 Å². The zero-order chi connectivity index (χ0) is 12.5. The number of nitrogens with zero attached hydrogens (tertiary/aromatic N) is 2. The van der Waals surface area contributed by atoms with E-state index >= 15 is 0 Å². The van der Waals surface area contributed by atoms with E-state index in [1.807, 2.05) is 30.6 Å². The smallest absolute Gasteiger partial charge is 0.144 e. The summed E-state index contributed by atoms with van der Waals surface area (Å²) in [5, 5.41) is 0.